The predicted molar refractivity (Wildman–Crippen MR) is 175 cm³/mol. The second kappa shape index (κ2) is 11.9. The first-order valence-corrected chi connectivity index (χ1v) is 18.8. The largest absolute Gasteiger partial charge is 0.395 e. The van der Waals surface area contributed by atoms with Gasteiger partial charge in [-0.2, -0.15) is 0 Å². The molecule has 5 atom stereocenters. The van der Waals surface area contributed by atoms with Crippen molar-refractivity contribution in [3.05, 3.63) is 111 Å². The van der Waals surface area contributed by atoms with Crippen molar-refractivity contribution in [3.8, 4) is 0 Å². The highest BCUT2D eigenvalue weighted by Crippen LogP contribution is 2.60. The standard InChI is InChI=1S/C33H36FIN4O3Si/c1-22-31(43(2,3)34)30(16-17-38-20-28(36-37-38)26(21-40)24-12-8-5-9-13-24)42-33(22)27-18-25(35)14-15-29(27)39(32(33)41)19-23-10-6-4-7-11-23/h4-15,18,20,22,26,30-31,40H,16-17,19,21H2,1-3H3/t22-,26?,30+,31-,33+/m1/s1. The summed E-state index contributed by atoms with van der Waals surface area (Å²) >= 11 is 2.27. The van der Waals surface area contributed by atoms with Gasteiger partial charge in [0.05, 0.1) is 36.6 Å². The summed E-state index contributed by atoms with van der Waals surface area (Å²) in [6.07, 6.45) is 1.86. The molecule has 3 heterocycles. The lowest BCUT2D eigenvalue weighted by molar-refractivity contribution is -0.146. The van der Waals surface area contributed by atoms with Crippen molar-refractivity contribution < 1.29 is 18.7 Å². The highest BCUT2D eigenvalue weighted by Gasteiger charge is 2.66. The Morgan fingerprint density at radius 1 is 1.09 bits per heavy atom. The number of aliphatic hydroxyl groups is 1. The van der Waals surface area contributed by atoms with Gasteiger partial charge in [0.1, 0.15) is 0 Å². The average Bonchev–Trinajstić information content (AvgIpc) is 3.64. The molecule has 4 aromatic rings. The average molecular weight is 711 g/mol. The minimum atomic E-state index is -3.28. The van der Waals surface area contributed by atoms with E-state index < -0.39 is 25.7 Å². The van der Waals surface area contributed by atoms with Gasteiger partial charge < -0.3 is 18.9 Å². The van der Waals surface area contributed by atoms with E-state index in [-0.39, 0.29) is 24.3 Å². The highest BCUT2D eigenvalue weighted by molar-refractivity contribution is 14.1. The zero-order valence-corrected chi connectivity index (χ0v) is 27.7. The number of nitrogens with zero attached hydrogens (tertiary/aromatic N) is 4. The maximum atomic E-state index is 16.2. The minimum Gasteiger partial charge on any atom is -0.395 e. The third kappa shape index (κ3) is 5.47. The number of benzene rings is 3. The number of carbonyl (C=O) groups excluding carboxylic acids is 1. The fourth-order valence-corrected chi connectivity index (χ4v) is 10.1. The Hall–Kier alpha value is -2.93. The lowest BCUT2D eigenvalue weighted by Crippen LogP contribution is -2.45. The summed E-state index contributed by atoms with van der Waals surface area (Å²) in [7, 11) is -3.28. The number of hydrogen-bond donors (Lipinski definition) is 1. The lowest BCUT2D eigenvalue weighted by Gasteiger charge is -2.31. The molecule has 43 heavy (non-hydrogen) atoms. The van der Waals surface area contributed by atoms with E-state index in [1.165, 1.54) is 0 Å². The number of fused-ring (bicyclic) bond motifs is 2. The Morgan fingerprint density at radius 2 is 1.79 bits per heavy atom. The van der Waals surface area contributed by atoms with Gasteiger partial charge in [0.15, 0.2) is 5.60 Å². The van der Waals surface area contributed by atoms with Gasteiger partial charge in [-0.3, -0.25) is 9.48 Å². The molecule has 3 aromatic carbocycles. The molecule has 0 aliphatic carbocycles. The van der Waals surface area contributed by atoms with Crippen molar-refractivity contribution in [1.82, 2.24) is 15.0 Å². The van der Waals surface area contributed by atoms with Crippen molar-refractivity contribution >= 4 is 42.6 Å². The number of hydrogen-bond acceptors (Lipinski definition) is 5. The van der Waals surface area contributed by atoms with Crippen molar-refractivity contribution in [3.63, 3.8) is 0 Å². The molecule has 0 bridgehead atoms. The van der Waals surface area contributed by atoms with Crippen molar-refractivity contribution in [2.75, 3.05) is 11.5 Å². The molecular formula is C33H36FIN4O3Si. The zero-order chi connectivity index (χ0) is 30.4. The van der Waals surface area contributed by atoms with E-state index in [4.69, 9.17) is 4.74 Å². The molecule has 6 rings (SSSR count). The molecule has 10 heteroatoms. The summed E-state index contributed by atoms with van der Waals surface area (Å²) in [6.45, 7) is 6.23. The van der Waals surface area contributed by atoms with Crippen LogP contribution in [0.5, 0.6) is 0 Å². The molecule has 1 N–H and O–H groups in total. The van der Waals surface area contributed by atoms with Crippen LogP contribution in [-0.2, 0) is 28.2 Å². The van der Waals surface area contributed by atoms with Gasteiger partial charge in [0.2, 0.25) is 8.41 Å². The van der Waals surface area contributed by atoms with E-state index in [9.17, 15) is 9.90 Å². The van der Waals surface area contributed by atoms with Crippen LogP contribution in [0.1, 0.15) is 41.6 Å². The van der Waals surface area contributed by atoms with Crippen LogP contribution in [0.4, 0.5) is 9.80 Å². The quantitative estimate of drug-likeness (QED) is 0.123. The van der Waals surface area contributed by atoms with E-state index in [0.29, 0.717) is 25.2 Å². The van der Waals surface area contributed by atoms with Gasteiger partial charge in [0.25, 0.3) is 5.91 Å². The van der Waals surface area contributed by atoms with E-state index in [1.807, 2.05) is 96.9 Å². The van der Waals surface area contributed by atoms with Crippen LogP contribution < -0.4 is 4.90 Å². The maximum absolute atomic E-state index is 16.2. The molecule has 1 aromatic heterocycles. The highest BCUT2D eigenvalue weighted by atomic mass is 127. The molecule has 7 nitrogen and oxygen atoms in total. The summed E-state index contributed by atoms with van der Waals surface area (Å²) in [4.78, 5) is 16.3. The van der Waals surface area contributed by atoms with Crippen molar-refractivity contribution in [1.29, 1.82) is 0 Å². The van der Waals surface area contributed by atoms with Crippen LogP contribution in [0.3, 0.4) is 0 Å². The topological polar surface area (TPSA) is 80.5 Å². The molecule has 1 unspecified atom stereocenters. The summed E-state index contributed by atoms with van der Waals surface area (Å²) < 4.78 is 25.8. The molecule has 0 saturated carbocycles. The van der Waals surface area contributed by atoms with E-state index in [2.05, 4.69) is 32.9 Å². The number of anilines is 1. The van der Waals surface area contributed by atoms with Crippen molar-refractivity contribution in [2.24, 2.45) is 5.92 Å². The zero-order valence-electron chi connectivity index (χ0n) is 24.5. The number of amides is 1. The van der Waals surface area contributed by atoms with Crippen LogP contribution in [0.2, 0.25) is 18.6 Å². The number of rotatable bonds is 9. The Labute approximate surface area is 266 Å². The van der Waals surface area contributed by atoms with Crippen LogP contribution in [0.15, 0.2) is 85.1 Å². The smallest absolute Gasteiger partial charge is 0.264 e. The number of aliphatic hydroxyl groups excluding tert-OH is 1. The third-order valence-corrected chi connectivity index (χ3v) is 12.2. The fraction of sp³-hybridized carbons (Fsp3) is 0.364. The summed E-state index contributed by atoms with van der Waals surface area (Å²) in [5.74, 6) is -0.752. The molecule has 1 amide bonds. The van der Waals surface area contributed by atoms with Gasteiger partial charge in [0, 0.05) is 33.3 Å². The maximum Gasteiger partial charge on any atom is 0.264 e. The van der Waals surface area contributed by atoms with E-state index in [0.717, 1.165) is 25.9 Å². The van der Waals surface area contributed by atoms with Crippen molar-refractivity contribution in [2.45, 2.75) is 62.7 Å². The number of aromatic nitrogens is 3. The van der Waals surface area contributed by atoms with Gasteiger partial charge >= 0.3 is 0 Å². The second-order valence-electron chi connectivity index (χ2n) is 12.2. The van der Waals surface area contributed by atoms with Crippen LogP contribution in [0.25, 0.3) is 0 Å². The van der Waals surface area contributed by atoms with Gasteiger partial charge in [-0.15, -0.1) is 5.10 Å². The van der Waals surface area contributed by atoms with Gasteiger partial charge in [-0.25, -0.2) is 0 Å². The Bertz CT molecular complexity index is 1600. The molecule has 2 aliphatic heterocycles. The third-order valence-electron chi connectivity index (χ3n) is 9.05. The van der Waals surface area contributed by atoms with Gasteiger partial charge in [-0.1, -0.05) is 72.8 Å². The predicted octanol–water partition coefficient (Wildman–Crippen LogP) is 6.42. The number of carbonyl (C=O) groups is 1. The molecule has 2 aliphatic rings. The Kier molecular flexibility index (Phi) is 8.31. The first kappa shape index (κ1) is 30.1. The molecule has 1 spiro atoms. The minimum absolute atomic E-state index is 0.0853. The summed E-state index contributed by atoms with van der Waals surface area (Å²) in [5, 5.41) is 18.8. The molecule has 1 saturated heterocycles. The van der Waals surface area contributed by atoms with Crippen LogP contribution >= 0.6 is 22.6 Å². The normalized spacial score (nSPS) is 24.1. The monoisotopic (exact) mass is 710 g/mol. The molecule has 224 valence electrons. The SMILES string of the molecule is C[C@@H]1[C@@H]([Si](C)(C)F)[C@H](CCn2cc(C(CO)c3ccccc3)nn2)O[C@@]12C(=O)N(Cc1ccccc1)c1ccc(I)cc12. The van der Waals surface area contributed by atoms with Gasteiger partial charge in [-0.05, 0) is 71.4 Å². The summed E-state index contributed by atoms with van der Waals surface area (Å²) in [6, 6.07) is 25.7. The Balaban J connectivity index is 1.30. The number of ether oxygens (including phenoxy) is 1. The lowest BCUT2D eigenvalue weighted by atomic mass is 9.82. The summed E-state index contributed by atoms with van der Waals surface area (Å²) in [5.41, 5.74) is 2.68. The van der Waals surface area contributed by atoms with E-state index >= 15 is 4.11 Å². The first-order valence-electron chi connectivity index (χ1n) is 14.7. The Morgan fingerprint density at radius 3 is 2.47 bits per heavy atom. The molecule has 0 radical (unpaired) electrons. The fourth-order valence-electron chi connectivity index (χ4n) is 7.11. The van der Waals surface area contributed by atoms with Crippen LogP contribution in [0, 0.1) is 9.49 Å². The molecule has 1 fully saturated rings. The second-order valence-corrected chi connectivity index (χ2v) is 17.2. The number of halogens is 2. The molecular weight excluding hydrogens is 674 g/mol. The van der Waals surface area contributed by atoms with Crippen LogP contribution in [-0.4, -0.2) is 47.1 Å². The number of aryl methyl sites for hydroxylation is 1. The first-order chi connectivity index (χ1) is 20.6. The van der Waals surface area contributed by atoms with E-state index in [1.54, 1.807) is 17.8 Å².